The molecule has 0 heterocycles. The van der Waals surface area contributed by atoms with Crippen molar-refractivity contribution in [1.29, 1.82) is 0 Å². The third-order valence-corrected chi connectivity index (χ3v) is 6.58. The van der Waals surface area contributed by atoms with E-state index in [4.69, 9.17) is 0 Å². The number of rotatable bonds is 6. The molecule has 0 bridgehead atoms. The van der Waals surface area contributed by atoms with Gasteiger partial charge < -0.3 is 4.90 Å². The molecule has 0 aromatic heterocycles. The van der Waals surface area contributed by atoms with E-state index in [0.717, 1.165) is 13.1 Å². The third kappa shape index (κ3) is 3.82. The predicted molar refractivity (Wildman–Crippen MR) is 81.4 cm³/mol. The van der Waals surface area contributed by atoms with Crippen LogP contribution in [0.3, 0.4) is 0 Å². The van der Waals surface area contributed by atoms with Gasteiger partial charge in [0, 0.05) is 0 Å². The van der Waals surface area contributed by atoms with Crippen molar-refractivity contribution in [3.63, 3.8) is 0 Å². The van der Waals surface area contributed by atoms with Gasteiger partial charge in [0.05, 0.1) is 8.07 Å². The molecule has 1 aromatic rings. The number of hydrogen-bond acceptors (Lipinski definition) is 1. The molecule has 1 aromatic carbocycles. The maximum atomic E-state index is 3.80. The van der Waals surface area contributed by atoms with Gasteiger partial charge in [0.2, 0.25) is 0 Å². The molecule has 0 fully saturated rings. The third-order valence-electron chi connectivity index (χ3n) is 3.44. The Kier molecular flexibility index (Phi) is 5.16. The molecule has 0 aliphatic rings. The van der Waals surface area contributed by atoms with Gasteiger partial charge in [-0.05, 0) is 24.8 Å². The highest BCUT2D eigenvalue weighted by Gasteiger charge is 2.25. The van der Waals surface area contributed by atoms with E-state index in [9.17, 15) is 0 Å². The largest absolute Gasteiger partial charge is 0.306 e. The lowest BCUT2D eigenvalue weighted by Gasteiger charge is -2.30. The second-order valence-electron chi connectivity index (χ2n) is 5.17. The lowest BCUT2D eigenvalue weighted by atomic mass is 10.2. The van der Waals surface area contributed by atoms with Gasteiger partial charge in [0.25, 0.3) is 0 Å². The van der Waals surface area contributed by atoms with E-state index in [0.29, 0.717) is 0 Å². The molecule has 0 amide bonds. The molecule has 0 N–H and O–H groups in total. The summed E-state index contributed by atoms with van der Waals surface area (Å²) in [4.78, 5) is 2.54. The molecule has 0 spiro atoms. The summed E-state index contributed by atoms with van der Waals surface area (Å²) < 4.78 is 0. The number of hydrogen-bond donors (Lipinski definition) is 0. The Morgan fingerprint density at radius 2 is 1.65 bits per heavy atom. The zero-order chi connectivity index (χ0) is 12.9. The Hall–Kier alpha value is -0.863. The maximum Gasteiger partial charge on any atom is 0.0948 e. The van der Waals surface area contributed by atoms with Crippen LogP contribution in [-0.4, -0.2) is 32.2 Å². The molecular formula is C15H25NSi. The first-order valence-electron chi connectivity index (χ1n) is 6.48. The normalized spacial score (nSPS) is 11.8. The van der Waals surface area contributed by atoms with Crippen molar-refractivity contribution in [1.82, 2.24) is 4.90 Å². The van der Waals surface area contributed by atoms with Crippen LogP contribution in [0, 0.1) is 0 Å². The molecule has 0 atom stereocenters. The quantitative estimate of drug-likeness (QED) is 0.698. The van der Waals surface area contributed by atoms with Gasteiger partial charge in [-0.15, -0.1) is 0 Å². The van der Waals surface area contributed by atoms with Crippen molar-refractivity contribution in [2.24, 2.45) is 0 Å². The van der Waals surface area contributed by atoms with Crippen LogP contribution >= 0.6 is 0 Å². The van der Waals surface area contributed by atoms with Crippen LogP contribution in [0.15, 0.2) is 30.8 Å². The Morgan fingerprint density at radius 1 is 1.12 bits per heavy atom. The van der Waals surface area contributed by atoms with Gasteiger partial charge in [-0.1, -0.05) is 69.0 Å². The van der Waals surface area contributed by atoms with Gasteiger partial charge in [0.1, 0.15) is 0 Å². The fraction of sp³-hybridized carbons (Fsp3) is 0.467. The molecule has 17 heavy (non-hydrogen) atoms. The van der Waals surface area contributed by atoms with Crippen LogP contribution in [0.4, 0.5) is 0 Å². The zero-order valence-corrected chi connectivity index (χ0v) is 12.7. The Morgan fingerprint density at radius 3 is 2.06 bits per heavy atom. The first-order valence-corrected chi connectivity index (χ1v) is 9.69. The summed E-state index contributed by atoms with van der Waals surface area (Å²) in [7, 11) is -1.33. The fourth-order valence-corrected chi connectivity index (χ4v) is 4.98. The van der Waals surface area contributed by atoms with Gasteiger partial charge >= 0.3 is 0 Å². The van der Waals surface area contributed by atoms with E-state index in [1.807, 2.05) is 6.08 Å². The summed E-state index contributed by atoms with van der Waals surface area (Å²) >= 11 is 0. The predicted octanol–water partition coefficient (Wildman–Crippen LogP) is 3.13. The molecule has 0 saturated carbocycles. The van der Waals surface area contributed by atoms with Crippen LogP contribution in [0.5, 0.6) is 0 Å². The van der Waals surface area contributed by atoms with Gasteiger partial charge in [-0.2, -0.15) is 0 Å². The van der Waals surface area contributed by atoms with E-state index >= 15 is 0 Å². The number of nitrogens with zero attached hydrogens (tertiary/aromatic N) is 1. The Bertz CT molecular complexity index is 350. The van der Waals surface area contributed by atoms with Crippen LogP contribution < -0.4 is 5.19 Å². The van der Waals surface area contributed by atoms with Crippen LogP contribution in [0.1, 0.15) is 19.4 Å². The van der Waals surface area contributed by atoms with Crippen molar-refractivity contribution in [3.8, 4) is 0 Å². The van der Waals surface area contributed by atoms with Gasteiger partial charge in [-0.25, -0.2) is 0 Å². The minimum atomic E-state index is -1.33. The smallest absolute Gasteiger partial charge is 0.0948 e. The van der Waals surface area contributed by atoms with Crippen LogP contribution in [0.25, 0.3) is 6.08 Å². The lowest BCUT2D eigenvalue weighted by Crippen LogP contribution is -2.51. The molecule has 0 aliphatic heterocycles. The summed E-state index contributed by atoms with van der Waals surface area (Å²) in [5.74, 6) is 0. The van der Waals surface area contributed by atoms with Crippen LogP contribution in [-0.2, 0) is 0 Å². The van der Waals surface area contributed by atoms with Crippen molar-refractivity contribution in [3.05, 3.63) is 36.4 Å². The van der Waals surface area contributed by atoms with Crippen molar-refractivity contribution in [2.45, 2.75) is 26.9 Å². The molecular weight excluding hydrogens is 222 g/mol. The summed E-state index contributed by atoms with van der Waals surface area (Å²) in [6, 6.07) is 8.93. The topological polar surface area (TPSA) is 3.24 Å². The van der Waals surface area contributed by atoms with Gasteiger partial charge in [0.15, 0.2) is 0 Å². The second kappa shape index (κ2) is 6.17. The van der Waals surface area contributed by atoms with Crippen molar-refractivity contribution < 1.29 is 0 Å². The SMILES string of the molecule is C=Cc1ccc([Si](C)(C)CN(CC)CC)cc1. The molecule has 0 radical (unpaired) electrons. The Balaban J connectivity index is 2.83. The molecule has 2 heteroatoms. The van der Waals surface area contributed by atoms with Crippen molar-refractivity contribution in [2.75, 3.05) is 19.3 Å². The number of benzene rings is 1. The van der Waals surface area contributed by atoms with E-state index in [1.165, 1.54) is 16.9 Å². The standard InChI is InChI=1S/C15H25NSi/c1-6-14-9-11-15(12-10-14)17(4,5)13-16(7-2)8-3/h6,9-12H,1,7-8,13H2,2-5H3. The molecule has 0 unspecified atom stereocenters. The molecule has 0 aliphatic carbocycles. The van der Waals surface area contributed by atoms with E-state index in [-0.39, 0.29) is 0 Å². The highest BCUT2D eigenvalue weighted by atomic mass is 28.3. The summed E-state index contributed by atoms with van der Waals surface area (Å²) in [6.07, 6.45) is 3.15. The average molecular weight is 247 g/mol. The van der Waals surface area contributed by atoms with E-state index in [1.54, 1.807) is 0 Å². The minimum absolute atomic E-state index is 1.15. The van der Waals surface area contributed by atoms with E-state index in [2.05, 4.69) is 62.7 Å². The lowest BCUT2D eigenvalue weighted by molar-refractivity contribution is 0.349. The van der Waals surface area contributed by atoms with Crippen molar-refractivity contribution >= 4 is 19.3 Å². The molecule has 1 nitrogen and oxygen atoms in total. The first kappa shape index (κ1) is 14.2. The Labute approximate surface area is 107 Å². The van der Waals surface area contributed by atoms with Gasteiger partial charge in [-0.3, -0.25) is 0 Å². The average Bonchev–Trinajstić information content (AvgIpc) is 2.36. The zero-order valence-electron chi connectivity index (χ0n) is 11.7. The fourth-order valence-electron chi connectivity index (χ4n) is 2.17. The summed E-state index contributed by atoms with van der Waals surface area (Å²) in [6.45, 7) is 15.5. The molecule has 1 rings (SSSR count). The van der Waals surface area contributed by atoms with Crippen LogP contribution in [0.2, 0.25) is 13.1 Å². The minimum Gasteiger partial charge on any atom is -0.306 e. The highest BCUT2D eigenvalue weighted by Crippen LogP contribution is 2.08. The van der Waals surface area contributed by atoms with E-state index < -0.39 is 8.07 Å². The summed E-state index contributed by atoms with van der Waals surface area (Å²) in [5, 5.41) is 1.54. The second-order valence-corrected chi connectivity index (χ2v) is 9.83. The monoisotopic (exact) mass is 247 g/mol. The molecule has 0 saturated heterocycles. The maximum absolute atomic E-state index is 3.80. The first-order chi connectivity index (χ1) is 8.03. The molecule has 94 valence electrons. The highest BCUT2D eigenvalue weighted by molar-refractivity contribution is 6.89. The summed E-state index contributed by atoms with van der Waals surface area (Å²) in [5.41, 5.74) is 1.21.